The second-order valence-electron chi connectivity index (χ2n) is 22.9. The zero-order valence-electron chi connectivity index (χ0n) is 47.6. The van der Waals surface area contributed by atoms with Gasteiger partial charge >= 0.3 is 0 Å². The number of phenols is 2. The van der Waals surface area contributed by atoms with E-state index in [0.717, 1.165) is 43.2 Å². The van der Waals surface area contributed by atoms with E-state index in [0.29, 0.717) is 11.5 Å². The first-order valence-electron chi connectivity index (χ1n) is 31.5. The van der Waals surface area contributed by atoms with Crippen LogP contribution in [0.4, 0.5) is 0 Å². The number of benzene rings is 2. The third kappa shape index (κ3) is 28.8. The second kappa shape index (κ2) is 43.6. The number of para-hydroxylation sites is 1. The second-order valence-corrected chi connectivity index (χ2v) is 22.9. The molecule has 0 bridgehead atoms. The average Bonchev–Trinajstić information content (AvgIpc) is 3.34. The van der Waals surface area contributed by atoms with Crippen LogP contribution < -0.4 is 0 Å². The topological polar surface area (TPSA) is 40.5 Å². The molecule has 400 valence electrons. The highest BCUT2D eigenvalue weighted by Crippen LogP contribution is 2.48. The van der Waals surface area contributed by atoms with Crippen molar-refractivity contribution in [3.63, 3.8) is 0 Å². The molecule has 69 heavy (non-hydrogen) atoms. The molecule has 0 saturated carbocycles. The van der Waals surface area contributed by atoms with E-state index in [1.54, 1.807) is 5.56 Å². The molecule has 0 aromatic heterocycles. The molecule has 0 radical (unpaired) electrons. The molecule has 0 heterocycles. The maximum absolute atomic E-state index is 13.1. The molecule has 2 nitrogen and oxygen atoms in total. The van der Waals surface area contributed by atoms with E-state index in [-0.39, 0.29) is 0 Å². The van der Waals surface area contributed by atoms with E-state index in [1.165, 1.54) is 293 Å². The fourth-order valence-corrected chi connectivity index (χ4v) is 11.8. The summed E-state index contributed by atoms with van der Waals surface area (Å²) in [5.41, 5.74) is 7.43. The number of rotatable bonds is 50. The molecule has 2 N–H and O–H groups in total. The van der Waals surface area contributed by atoms with Gasteiger partial charge in [0.25, 0.3) is 0 Å². The van der Waals surface area contributed by atoms with Crippen LogP contribution >= 0.6 is 0 Å². The van der Waals surface area contributed by atoms with Crippen LogP contribution in [0, 0.1) is 0 Å². The van der Waals surface area contributed by atoms with Crippen molar-refractivity contribution in [2.45, 2.75) is 355 Å². The summed E-state index contributed by atoms with van der Waals surface area (Å²) in [6.45, 7) is 13.8. The summed E-state index contributed by atoms with van der Waals surface area (Å²) in [6.07, 6.45) is 63.8. The van der Waals surface area contributed by atoms with Crippen molar-refractivity contribution in [2.75, 3.05) is 0 Å². The molecule has 2 rings (SSSR count). The van der Waals surface area contributed by atoms with E-state index >= 15 is 0 Å². The minimum Gasteiger partial charge on any atom is -0.508 e. The van der Waals surface area contributed by atoms with Crippen LogP contribution in [0.3, 0.4) is 0 Å². The Morgan fingerprint density at radius 2 is 0.522 bits per heavy atom. The molecule has 0 aliphatic rings. The van der Waals surface area contributed by atoms with Gasteiger partial charge in [0.1, 0.15) is 11.5 Å². The van der Waals surface area contributed by atoms with Gasteiger partial charge in [-0.1, -0.05) is 317 Å². The van der Waals surface area contributed by atoms with Gasteiger partial charge in [-0.25, -0.2) is 0 Å². The molecule has 2 aromatic rings. The number of hydrogen-bond acceptors (Lipinski definition) is 2. The summed E-state index contributed by atoms with van der Waals surface area (Å²) in [5, 5.41) is 24.5. The van der Waals surface area contributed by atoms with Gasteiger partial charge in [0.2, 0.25) is 0 Å². The minimum absolute atomic E-state index is 0.353. The SMILES string of the molecule is CCCCCCCCCCCCCc1c(O)c(C(C)(C)c2ccccc2O)c(CCCCCCCCCCCCC)c(CCCCCCCCCCCCC)c1CCCCCCCCCCCCC. The Labute approximate surface area is 432 Å². The Morgan fingerprint density at radius 3 is 0.812 bits per heavy atom. The zero-order chi connectivity index (χ0) is 49.9. The summed E-state index contributed by atoms with van der Waals surface area (Å²) >= 11 is 0. The summed E-state index contributed by atoms with van der Waals surface area (Å²) < 4.78 is 0. The number of phenolic OH excluding ortho intramolecular Hbond substituents is 2. The predicted molar refractivity (Wildman–Crippen MR) is 309 cm³/mol. The van der Waals surface area contributed by atoms with Crippen LogP contribution in [0.25, 0.3) is 0 Å². The van der Waals surface area contributed by atoms with Crippen LogP contribution in [0.1, 0.15) is 357 Å². The smallest absolute Gasteiger partial charge is 0.123 e. The first-order valence-corrected chi connectivity index (χ1v) is 31.5. The lowest BCUT2D eigenvalue weighted by atomic mass is 9.70. The molecule has 0 saturated heterocycles. The quantitative estimate of drug-likeness (QED) is 0.0649. The molecular weight excluding hydrogens is 837 g/mol. The van der Waals surface area contributed by atoms with Crippen molar-refractivity contribution in [3.8, 4) is 11.5 Å². The Morgan fingerprint density at radius 1 is 0.290 bits per heavy atom. The minimum atomic E-state index is -0.518. The standard InChI is InChI=1S/C67H120O2/c1-7-11-15-19-23-27-31-35-39-43-47-53-59-60(54-48-44-40-36-32-28-24-20-16-12-8-2)62(56-50-46-42-38-34-30-26-22-18-14-10-4)66(69)65(67(5,6)63-57-51-52-58-64(63)68)61(59)55-49-45-41-37-33-29-25-21-17-13-9-3/h51-52,57-58,68-69H,7-50,53-56H2,1-6H3. The molecule has 0 atom stereocenters. The van der Waals surface area contributed by atoms with Crippen LogP contribution in [-0.2, 0) is 31.1 Å². The zero-order valence-corrected chi connectivity index (χ0v) is 47.6. The molecule has 0 spiro atoms. The van der Waals surface area contributed by atoms with Gasteiger partial charge < -0.3 is 10.2 Å². The van der Waals surface area contributed by atoms with Crippen LogP contribution in [0.15, 0.2) is 24.3 Å². The third-order valence-electron chi connectivity index (χ3n) is 16.2. The monoisotopic (exact) mass is 957 g/mol. The normalized spacial score (nSPS) is 11.9. The lowest BCUT2D eigenvalue weighted by Gasteiger charge is -2.34. The highest BCUT2D eigenvalue weighted by atomic mass is 16.3. The van der Waals surface area contributed by atoms with Gasteiger partial charge in [-0.05, 0) is 79.7 Å². The first kappa shape index (κ1) is 63.2. The van der Waals surface area contributed by atoms with Gasteiger partial charge in [0.15, 0.2) is 0 Å². The van der Waals surface area contributed by atoms with Gasteiger partial charge in [-0.3, -0.25) is 0 Å². The van der Waals surface area contributed by atoms with Gasteiger partial charge in [-0.2, -0.15) is 0 Å². The van der Waals surface area contributed by atoms with Crippen LogP contribution in [0.5, 0.6) is 11.5 Å². The molecule has 0 aliphatic carbocycles. The largest absolute Gasteiger partial charge is 0.508 e. The predicted octanol–water partition coefficient (Wildman–Crippen LogP) is 22.8. The summed E-state index contributed by atoms with van der Waals surface area (Å²) in [7, 11) is 0. The molecule has 2 aromatic carbocycles. The fraction of sp³-hybridized carbons (Fsp3) is 0.821. The van der Waals surface area contributed by atoms with Crippen molar-refractivity contribution in [1.82, 2.24) is 0 Å². The van der Waals surface area contributed by atoms with E-state index in [9.17, 15) is 10.2 Å². The molecular formula is C67H120O2. The number of aromatic hydroxyl groups is 2. The Balaban J connectivity index is 2.45. The van der Waals surface area contributed by atoms with Crippen LogP contribution in [0.2, 0.25) is 0 Å². The molecule has 0 amide bonds. The molecule has 0 fully saturated rings. The number of hydrogen-bond donors (Lipinski definition) is 2. The summed E-state index contributed by atoms with van der Waals surface area (Å²) in [4.78, 5) is 0. The van der Waals surface area contributed by atoms with Crippen molar-refractivity contribution in [2.24, 2.45) is 0 Å². The highest BCUT2D eigenvalue weighted by Gasteiger charge is 2.35. The average molecular weight is 958 g/mol. The molecule has 0 aliphatic heterocycles. The maximum Gasteiger partial charge on any atom is 0.123 e. The summed E-state index contributed by atoms with van der Waals surface area (Å²) in [6, 6.07) is 8.01. The van der Waals surface area contributed by atoms with Gasteiger partial charge in [-0.15, -0.1) is 0 Å². The van der Waals surface area contributed by atoms with E-state index in [4.69, 9.17) is 0 Å². The fourth-order valence-electron chi connectivity index (χ4n) is 11.8. The van der Waals surface area contributed by atoms with Gasteiger partial charge in [0, 0.05) is 16.5 Å². The third-order valence-corrected chi connectivity index (χ3v) is 16.2. The maximum atomic E-state index is 13.1. The molecule has 0 unspecified atom stereocenters. The number of unbranched alkanes of at least 4 members (excludes halogenated alkanes) is 40. The Kier molecular flexibility index (Phi) is 39.9. The van der Waals surface area contributed by atoms with Crippen LogP contribution in [-0.4, -0.2) is 10.2 Å². The Hall–Kier alpha value is -1.96. The van der Waals surface area contributed by atoms with E-state index in [2.05, 4.69) is 53.7 Å². The van der Waals surface area contributed by atoms with Crippen molar-refractivity contribution in [3.05, 3.63) is 57.6 Å². The van der Waals surface area contributed by atoms with E-state index < -0.39 is 5.41 Å². The summed E-state index contributed by atoms with van der Waals surface area (Å²) in [5.74, 6) is 0.931. The molecule has 2 heteroatoms. The lowest BCUT2D eigenvalue weighted by Crippen LogP contribution is -2.24. The van der Waals surface area contributed by atoms with Crippen molar-refractivity contribution >= 4 is 0 Å². The van der Waals surface area contributed by atoms with Crippen molar-refractivity contribution < 1.29 is 10.2 Å². The first-order chi connectivity index (χ1) is 33.8. The van der Waals surface area contributed by atoms with E-state index in [1.807, 2.05) is 12.1 Å². The highest BCUT2D eigenvalue weighted by molar-refractivity contribution is 5.62. The Bertz CT molecular complexity index is 1450. The van der Waals surface area contributed by atoms with Crippen molar-refractivity contribution in [1.29, 1.82) is 0 Å². The van der Waals surface area contributed by atoms with Gasteiger partial charge in [0.05, 0.1) is 0 Å². The lowest BCUT2D eigenvalue weighted by molar-refractivity contribution is 0.426.